The van der Waals surface area contributed by atoms with Crippen LogP contribution < -0.4 is 0 Å². The highest BCUT2D eigenvalue weighted by Gasteiger charge is 2.31. The molecule has 1 aliphatic heterocycles. The van der Waals surface area contributed by atoms with Gasteiger partial charge in [-0.1, -0.05) is 30.3 Å². The summed E-state index contributed by atoms with van der Waals surface area (Å²) < 4.78 is 3.71. The van der Waals surface area contributed by atoms with Crippen molar-refractivity contribution >= 4 is 5.91 Å². The first-order valence-corrected chi connectivity index (χ1v) is 8.65. The summed E-state index contributed by atoms with van der Waals surface area (Å²) in [6, 6.07) is 13.4. The minimum Gasteiger partial charge on any atom is -0.338 e. The van der Waals surface area contributed by atoms with Crippen LogP contribution in [0.3, 0.4) is 0 Å². The van der Waals surface area contributed by atoms with E-state index < -0.39 is 6.04 Å². The summed E-state index contributed by atoms with van der Waals surface area (Å²) in [5, 5.41) is 8.68. The highest BCUT2D eigenvalue weighted by molar-refractivity contribution is 5.83. The third-order valence-corrected chi connectivity index (χ3v) is 4.75. The van der Waals surface area contributed by atoms with E-state index in [4.69, 9.17) is 0 Å². The number of nitrogens with zero attached hydrogens (tertiary/aromatic N) is 5. The molecule has 0 spiro atoms. The first-order valence-electron chi connectivity index (χ1n) is 8.65. The largest absolute Gasteiger partial charge is 0.338 e. The average molecular weight is 335 g/mol. The van der Waals surface area contributed by atoms with Crippen molar-refractivity contribution in [1.82, 2.24) is 24.5 Å². The Kier molecular flexibility index (Phi) is 4.33. The molecule has 2 atom stereocenters. The summed E-state index contributed by atoms with van der Waals surface area (Å²) in [6.07, 6.45) is 9.36. The molecule has 1 aliphatic rings. The molecule has 3 aromatic rings. The number of piperidine rings is 1. The van der Waals surface area contributed by atoms with Crippen LogP contribution >= 0.6 is 0 Å². The molecule has 0 unspecified atom stereocenters. The van der Waals surface area contributed by atoms with Crippen LogP contribution in [0.5, 0.6) is 0 Å². The van der Waals surface area contributed by atoms with Crippen molar-refractivity contribution in [2.75, 3.05) is 13.1 Å². The predicted molar refractivity (Wildman–Crippen MR) is 93.9 cm³/mol. The maximum absolute atomic E-state index is 13.3. The fourth-order valence-corrected chi connectivity index (χ4v) is 3.52. The van der Waals surface area contributed by atoms with E-state index in [-0.39, 0.29) is 11.9 Å². The molecule has 0 saturated carbocycles. The number of benzene rings is 1. The number of hydrogen-bond acceptors (Lipinski definition) is 3. The number of amides is 1. The Morgan fingerprint density at radius 2 is 1.84 bits per heavy atom. The summed E-state index contributed by atoms with van der Waals surface area (Å²) in [7, 11) is 0. The summed E-state index contributed by atoms with van der Waals surface area (Å²) in [5.74, 6) is 0.0896. The molecule has 6 nitrogen and oxygen atoms in total. The van der Waals surface area contributed by atoms with Gasteiger partial charge in [-0.05, 0) is 30.5 Å². The average Bonchev–Trinajstić information content (AvgIpc) is 3.37. The number of hydrogen-bond donors (Lipinski definition) is 0. The van der Waals surface area contributed by atoms with Crippen molar-refractivity contribution in [3.8, 4) is 0 Å². The summed E-state index contributed by atoms with van der Waals surface area (Å²) in [5.41, 5.74) is 0.956. The zero-order valence-corrected chi connectivity index (χ0v) is 14.0. The Bertz CT molecular complexity index is 798. The maximum Gasteiger partial charge on any atom is 0.252 e. The molecule has 0 radical (unpaired) electrons. The minimum atomic E-state index is -0.424. The van der Waals surface area contributed by atoms with Gasteiger partial charge in [0.05, 0.1) is 6.04 Å². The third-order valence-electron chi connectivity index (χ3n) is 4.75. The van der Waals surface area contributed by atoms with Crippen molar-refractivity contribution in [3.63, 3.8) is 0 Å². The lowest BCUT2D eigenvalue weighted by molar-refractivity contribution is -0.135. The van der Waals surface area contributed by atoms with Crippen molar-refractivity contribution in [2.45, 2.75) is 24.9 Å². The molecule has 2 aromatic heterocycles. The highest BCUT2D eigenvalue weighted by atomic mass is 16.2. The van der Waals surface area contributed by atoms with Crippen LogP contribution in [-0.4, -0.2) is 43.5 Å². The number of aromatic nitrogens is 4. The number of likely N-dealkylation sites (tertiary alicyclic amines) is 1. The van der Waals surface area contributed by atoms with Gasteiger partial charge >= 0.3 is 0 Å². The second-order valence-corrected chi connectivity index (χ2v) is 6.37. The standard InChI is InChI=1S/C19H21N5O/c25-19(22-12-4-9-17(15-22)23-13-5-10-20-23)18(24-14-6-11-21-24)16-7-2-1-3-8-16/h1-3,5-8,10-11,13-14,17-18H,4,9,12,15H2/t17-,18-/m0/s1. The van der Waals surface area contributed by atoms with Crippen LogP contribution in [0.15, 0.2) is 67.3 Å². The lowest BCUT2D eigenvalue weighted by Gasteiger charge is -2.35. The van der Waals surface area contributed by atoms with Gasteiger partial charge in [0, 0.05) is 37.9 Å². The Morgan fingerprint density at radius 3 is 2.56 bits per heavy atom. The fourth-order valence-electron chi connectivity index (χ4n) is 3.52. The molecule has 128 valence electrons. The van der Waals surface area contributed by atoms with Crippen LogP contribution in [0.1, 0.15) is 30.5 Å². The zero-order chi connectivity index (χ0) is 17.1. The molecule has 4 rings (SSSR count). The van der Waals surface area contributed by atoms with Crippen molar-refractivity contribution < 1.29 is 4.79 Å². The van der Waals surface area contributed by atoms with E-state index in [1.54, 1.807) is 17.1 Å². The van der Waals surface area contributed by atoms with E-state index in [1.807, 2.05) is 64.4 Å². The van der Waals surface area contributed by atoms with E-state index in [9.17, 15) is 4.79 Å². The fraction of sp³-hybridized carbons (Fsp3) is 0.316. The molecular weight excluding hydrogens is 314 g/mol. The predicted octanol–water partition coefficient (Wildman–Crippen LogP) is 2.53. The monoisotopic (exact) mass is 335 g/mol. The Balaban J connectivity index is 1.60. The van der Waals surface area contributed by atoms with E-state index in [0.29, 0.717) is 6.54 Å². The molecule has 3 heterocycles. The van der Waals surface area contributed by atoms with Gasteiger partial charge in [-0.15, -0.1) is 0 Å². The summed E-state index contributed by atoms with van der Waals surface area (Å²) in [6.45, 7) is 1.46. The molecule has 25 heavy (non-hydrogen) atoms. The van der Waals surface area contributed by atoms with Gasteiger partial charge in [0.2, 0.25) is 0 Å². The van der Waals surface area contributed by atoms with Crippen LogP contribution in [0.25, 0.3) is 0 Å². The molecule has 1 aromatic carbocycles. The third kappa shape index (κ3) is 3.20. The summed E-state index contributed by atoms with van der Waals surface area (Å²) in [4.78, 5) is 15.3. The Morgan fingerprint density at radius 1 is 1.04 bits per heavy atom. The molecular formula is C19H21N5O. The SMILES string of the molecule is O=C([C@H](c1ccccc1)n1cccn1)N1CCC[C@H](n2cccn2)C1. The molecule has 0 N–H and O–H groups in total. The molecule has 0 bridgehead atoms. The van der Waals surface area contributed by atoms with Crippen LogP contribution in [0.2, 0.25) is 0 Å². The molecule has 1 amide bonds. The van der Waals surface area contributed by atoms with E-state index in [0.717, 1.165) is 24.9 Å². The smallest absolute Gasteiger partial charge is 0.252 e. The van der Waals surface area contributed by atoms with Gasteiger partial charge in [0.1, 0.15) is 0 Å². The maximum atomic E-state index is 13.3. The van der Waals surface area contributed by atoms with Gasteiger partial charge in [-0.25, -0.2) is 0 Å². The lowest BCUT2D eigenvalue weighted by Crippen LogP contribution is -2.44. The first-order chi connectivity index (χ1) is 12.3. The number of carbonyl (C=O) groups excluding carboxylic acids is 1. The second-order valence-electron chi connectivity index (χ2n) is 6.37. The quantitative estimate of drug-likeness (QED) is 0.736. The molecule has 6 heteroatoms. The highest BCUT2D eigenvalue weighted by Crippen LogP contribution is 2.26. The van der Waals surface area contributed by atoms with Crippen molar-refractivity contribution in [3.05, 3.63) is 72.8 Å². The van der Waals surface area contributed by atoms with Gasteiger partial charge < -0.3 is 4.90 Å². The van der Waals surface area contributed by atoms with Gasteiger partial charge in [-0.2, -0.15) is 10.2 Å². The van der Waals surface area contributed by atoms with Crippen LogP contribution in [-0.2, 0) is 4.79 Å². The molecule has 1 saturated heterocycles. The topological polar surface area (TPSA) is 56.0 Å². The minimum absolute atomic E-state index is 0.0896. The molecule has 0 aliphatic carbocycles. The van der Waals surface area contributed by atoms with Gasteiger partial charge in [-0.3, -0.25) is 14.2 Å². The van der Waals surface area contributed by atoms with Gasteiger partial charge in [0.25, 0.3) is 5.91 Å². The van der Waals surface area contributed by atoms with E-state index >= 15 is 0 Å². The lowest BCUT2D eigenvalue weighted by atomic mass is 10.0. The molecule has 1 fully saturated rings. The van der Waals surface area contributed by atoms with Crippen molar-refractivity contribution in [2.24, 2.45) is 0 Å². The Hall–Kier alpha value is -2.89. The number of carbonyl (C=O) groups is 1. The second kappa shape index (κ2) is 6.93. The first kappa shape index (κ1) is 15.6. The normalized spacial score (nSPS) is 18.9. The zero-order valence-electron chi connectivity index (χ0n) is 14.0. The van der Waals surface area contributed by atoms with E-state index in [1.165, 1.54) is 0 Å². The number of rotatable bonds is 4. The van der Waals surface area contributed by atoms with Crippen LogP contribution in [0, 0.1) is 0 Å². The summed E-state index contributed by atoms with van der Waals surface area (Å²) >= 11 is 0. The van der Waals surface area contributed by atoms with Crippen LogP contribution in [0.4, 0.5) is 0 Å². The Labute approximate surface area is 146 Å². The van der Waals surface area contributed by atoms with Crippen molar-refractivity contribution in [1.29, 1.82) is 0 Å². The van der Waals surface area contributed by atoms with E-state index in [2.05, 4.69) is 10.2 Å². The van der Waals surface area contributed by atoms with Gasteiger partial charge in [0.15, 0.2) is 6.04 Å².